The van der Waals surface area contributed by atoms with Gasteiger partial charge in [0.15, 0.2) is 6.23 Å². The van der Waals surface area contributed by atoms with E-state index >= 15 is 0 Å². The van der Waals surface area contributed by atoms with E-state index in [-0.39, 0.29) is 11.3 Å². The standard InChI is InChI=1S/C21H24N2O3S2/c1-6-14(21(25)26-5)16-10-27-17-8-7-13(9-15(16)17)18(24)23-20-12(4)22-19(28-20)11(2)3/h6-11,18-19,24H,1-5H3. The molecule has 2 unspecified atom stereocenters. The lowest BCUT2D eigenvalue weighted by Gasteiger charge is -2.11. The third-order valence-electron chi connectivity index (χ3n) is 4.55. The van der Waals surface area contributed by atoms with Crippen LogP contribution in [0.3, 0.4) is 0 Å². The number of methoxy groups -OCH3 is 1. The molecule has 0 aliphatic carbocycles. The van der Waals surface area contributed by atoms with Crippen LogP contribution in [0.1, 0.15) is 45.0 Å². The van der Waals surface area contributed by atoms with Gasteiger partial charge in [0.05, 0.1) is 18.4 Å². The summed E-state index contributed by atoms with van der Waals surface area (Å²) in [5.41, 5.74) is 2.87. The predicted octanol–water partition coefficient (Wildman–Crippen LogP) is 5.06. The van der Waals surface area contributed by atoms with E-state index in [0.717, 1.165) is 26.4 Å². The molecule has 1 aromatic heterocycles. The van der Waals surface area contributed by atoms with Crippen LogP contribution in [-0.4, -0.2) is 34.3 Å². The predicted molar refractivity (Wildman–Crippen MR) is 119 cm³/mol. The average molecular weight is 417 g/mol. The molecule has 1 aliphatic rings. The number of carbonyl (C=O) groups excluding carboxylic acids is 1. The van der Waals surface area contributed by atoms with Crippen LogP contribution in [0.25, 0.3) is 15.7 Å². The van der Waals surface area contributed by atoms with E-state index < -0.39 is 6.23 Å². The molecule has 5 nitrogen and oxygen atoms in total. The van der Waals surface area contributed by atoms with Gasteiger partial charge in [0.1, 0.15) is 10.4 Å². The Bertz CT molecular complexity index is 989. The molecule has 1 aliphatic heterocycles. The number of allylic oxidation sites excluding steroid dienone is 1. The van der Waals surface area contributed by atoms with Crippen molar-refractivity contribution in [2.75, 3.05) is 7.11 Å². The molecule has 148 valence electrons. The van der Waals surface area contributed by atoms with Crippen LogP contribution in [0.5, 0.6) is 0 Å². The first-order valence-corrected chi connectivity index (χ1v) is 10.8. The molecule has 2 atom stereocenters. The first-order valence-electron chi connectivity index (χ1n) is 9.09. The fraction of sp³-hybridized carbons (Fsp3) is 0.381. The van der Waals surface area contributed by atoms with Crippen LogP contribution in [0, 0.1) is 5.92 Å². The second kappa shape index (κ2) is 8.59. The van der Waals surface area contributed by atoms with Crippen molar-refractivity contribution in [3.63, 3.8) is 0 Å². The zero-order chi connectivity index (χ0) is 20.4. The number of aliphatic hydroxyl groups excluding tert-OH is 1. The van der Waals surface area contributed by atoms with Crippen molar-refractivity contribution in [3.8, 4) is 0 Å². The molecular weight excluding hydrogens is 392 g/mol. The van der Waals surface area contributed by atoms with E-state index in [9.17, 15) is 9.90 Å². The van der Waals surface area contributed by atoms with E-state index in [2.05, 4.69) is 23.8 Å². The summed E-state index contributed by atoms with van der Waals surface area (Å²) in [6.45, 7) is 7.99. The highest BCUT2D eigenvalue weighted by Crippen LogP contribution is 2.35. The minimum absolute atomic E-state index is 0.147. The van der Waals surface area contributed by atoms with Gasteiger partial charge >= 0.3 is 5.97 Å². The summed E-state index contributed by atoms with van der Waals surface area (Å²) in [6.07, 6.45) is 0.764. The Balaban J connectivity index is 1.94. The maximum Gasteiger partial charge on any atom is 0.338 e. The summed E-state index contributed by atoms with van der Waals surface area (Å²) < 4.78 is 5.93. The average Bonchev–Trinajstić information content (AvgIpc) is 3.26. The highest BCUT2D eigenvalue weighted by molar-refractivity contribution is 8.16. The Kier molecular flexibility index (Phi) is 6.37. The number of benzene rings is 1. The van der Waals surface area contributed by atoms with Crippen molar-refractivity contribution in [1.82, 2.24) is 0 Å². The van der Waals surface area contributed by atoms with Crippen molar-refractivity contribution < 1.29 is 14.6 Å². The van der Waals surface area contributed by atoms with Crippen molar-refractivity contribution in [2.24, 2.45) is 15.9 Å². The van der Waals surface area contributed by atoms with Crippen LogP contribution in [0.15, 0.2) is 39.6 Å². The molecule has 2 aromatic rings. The molecule has 2 heterocycles. The van der Waals surface area contributed by atoms with Crippen LogP contribution in [-0.2, 0) is 9.53 Å². The molecule has 0 saturated heterocycles. The van der Waals surface area contributed by atoms with Gasteiger partial charge in [0.2, 0.25) is 0 Å². The lowest BCUT2D eigenvalue weighted by Crippen LogP contribution is -2.06. The smallest absolute Gasteiger partial charge is 0.338 e. The Morgan fingerprint density at radius 3 is 2.75 bits per heavy atom. The number of hydrogen-bond donors (Lipinski definition) is 1. The van der Waals surface area contributed by atoms with Crippen molar-refractivity contribution in [1.29, 1.82) is 0 Å². The van der Waals surface area contributed by atoms with E-state index in [1.807, 2.05) is 37.4 Å². The normalized spacial score (nSPS) is 20.1. The summed E-state index contributed by atoms with van der Waals surface area (Å²) in [7, 11) is 1.37. The van der Waals surface area contributed by atoms with Crippen molar-refractivity contribution in [2.45, 2.75) is 39.3 Å². The number of thioether (sulfide) groups is 1. The molecule has 3 rings (SSSR count). The first-order chi connectivity index (χ1) is 13.3. The third kappa shape index (κ3) is 4.06. The molecule has 0 fully saturated rings. The van der Waals surface area contributed by atoms with Gasteiger partial charge < -0.3 is 9.84 Å². The van der Waals surface area contributed by atoms with Crippen LogP contribution >= 0.6 is 23.1 Å². The number of aliphatic hydroxyl groups is 1. The number of nitrogens with zero attached hydrogens (tertiary/aromatic N) is 2. The highest BCUT2D eigenvalue weighted by atomic mass is 32.2. The Labute approximate surface area is 173 Å². The summed E-state index contributed by atoms with van der Waals surface area (Å²) in [5.74, 6) is 0.0365. The van der Waals surface area contributed by atoms with Gasteiger partial charge in [0.25, 0.3) is 0 Å². The maximum atomic E-state index is 12.1. The highest BCUT2D eigenvalue weighted by Gasteiger charge is 2.25. The minimum atomic E-state index is -0.983. The molecular formula is C21H24N2O3S2. The number of aliphatic imine (C=N–C) groups is 2. The number of rotatable bonds is 5. The second-order valence-corrected chi connectivity index (χ2v) is 8.89. The van der Waals surface area contributed by atoms with Crippen LogP contribution < -0.4 is 0 Å². The van der Waals surface area contributed by atoms with Crippen molar-refractivity contribution in [3.05, 3.63) is 40.8 Å². The van der Waals surface area contributed by atoms with Gasteiger partial charge in [-0.15, -0.1) is 11.3 Å². The molecule has 7 heteroatoms. The van der Waals surface area contributed by atoms with Gasteiger partial charge in [-0.2, -0.15) is 0 Å². The first kappa shape index (κ1) is 20.8. The van der Waals surface area contributed by atoms with Gasteiger partial charge in [-0.3, -0.25) is 4.99 Å². The fourth-order valence-corrected chi connectivity index (χ4v) is 5.01. The molecule has 0 radical (unpaired) electrons. The SMILES string of the molecule is CC=C(C(=O)OC)c1csc2ccc(C(O)N=C3SC(C(C)C)N=C3C)cc12. The molecule has 0 spiro atoms. The minimum Gasteiger partial charge on any atom is -0.465 e. The molecule has 1 N–H and O–H groups in total. The molecule has 0 bridgehead atoms. The Morgan fingerprint density at radius 2 is 2.14 bits per heavy atom. The largest absolute Gasteiger partial charge is 0.465 e. The molecule has 28 heavy (non-hydrogen) atoms. The zero-order valence-corrected chi connectivity index (χ0v) is 18.2. The van der Waals surface area contributed by atoms with Gasteiger partial charge in [-0.25, -0.2) is 9.79 Å². The van der Waals surface area contributed by atoms with E-state index in [4.69, 9.17) is 4.74 Å². The van der Waals surface area contributed by atoms with E-state index in [1.54, 1.807) is 29.2 Å². The molecule has 0 amide bonds. The quantitative estimate of drug-likeness (QED) is 0.546. The third-order valence-corrected chi connectivity index (χ3v) is 7.03. The number of fused-ring (bicyclic) bond motifs is 1. The van der Waals surface area contributed by atoms with Gasteiger partial charge in [0, 0.05) is 26.6 Å². The number of ether oxygens (including phenoxy) is 1. The summed E-state index contributed by atoms with van der Waals surface area (Å²) >= 11 is 3.15. The van der Waals surface area contributed by atoms with Gasteiger partial charge in [-0.05, 0) is 31.9 Å². The van der Waals surface area contributed by atoms with Crippen molar-refractivity contribution >= 4 is 55.5 Å². The molecule has 0 saturated carbocycles. The van der Waals surface area contributed by atoms with Crippen LogP contribution in [0.4, 0.5) is 0 Å². The Morgan fingerprint density at radius 1 is 1.39 bits per heavy atom. The number of carbonyl (C=O) groups is 1. The monoisotopic (exact) mass is 416 g/mol. The second-order valence-electron chi connectivity index (χ2n) is 6.87. The summed E-state index contributed by atoms with van der Waals surface area (Å²) in [5, 5.41) is 14.5. The molecule has 1 aromatic carbocycles. The fourth-order valence-electron chi connectivity index (χ4n) is 2.98. The van der Waals surface area contributed by atoms with Crippen LogP contribution in [0.2, 0.25) is 0 Å². The summed E-state index contributed by atoms with van der Waals surface area (Å²) in [6, 6.07) is 5.72. The number of thiophene rings is 1. The van der Waals surface area contributed by atoms with E-state index in [0.29, 0.717) is 17.1 Å². The number of esters is 1. The Hall–Kier alpha value is -1.96. The lowest BCUT2D eigenvalue weighted by molar-refractivity contribution is -0.133. The maximum absolute atomic E-state index is 12.1. The summed E-state index contributed by atoms with van der Waals surface area (Å²) in [4.78, 5) is 21.2. The van der Waals surface area contributed by atoms with E-state index in [1.165, 1.54) is 7.11 Å². The number of hydrogen-bond acceptors (Lipinski definition) is 7. The topological polar surface area (TPSA) is 71.2 Å². The zero-order valence-electron chi connectivity index (χ0n) is 16.6. The van der Waals surface area contributed by atoms with Gasteiger partial charge in [-0.1, -0.05) is 37.8 Å². The lowest BCUT2D eigenvalue weighted by atomic mass is 10.0.